The van der Waals surface area contributed by atoms with Crippen LogP contribution >= 0.6 is 0 Å². The molecule has 2 heteroatoms. The van der Waals surface area contributed by atoms with Crippen molar-refractivity contribution in [2.75, 3.05) is 4.90 Å². The summed E-state index contributed by atoms with van der Waals surface area (Å²) in [6.07, 6.45) is 0. The summed E-state index contributed by atoms with van der Waals surface area (Å²) in [6, 6.07) is 4.40. The Kier molecular flexibility index (Phi) is 3.26. The van der Waals surface area contributed by atoms with E-state index in [0.717, 1.165) is 0 Å². The highest BCUT2D eigenvalue weighted by Gasteiger charge is 2.30. The van der Waals surface area contributed by atoms with Gasteiger partial charge in [0.05, 0.1) is 41.7 Å². The van der Waals surface area contributed by atoms with Crippen LogP contribution < -0.4 is 9.64 Å². The molecular weight excluding hydrogens is 558 g/mol. The van der Waals surface area contributed by atoms with Gasteiger partial charge >= 0.3 is 0 Å². The SMILES string of the molecule is [2H]c1c([2H])c([2H])c(-c2cccc(-c3c([2H])c([2H])c([2H])c([2H])c3[2H])c2-c2c3c([2H])c([2H])c([2H])c([2H])c3c(N3c4ccccc4Oc4ccccc43)c3c([2H])c([2H])c([2H])c([2H])c23)c([2H])c1[2H]. The lowest BCUT2D eigenvalue weighted by molar-refractivity contribution is 0.477. The first-order valence-corrected chi connectivity index (χ1v) is 14.2. The Morgan fingerprint density at radius 1 is 0.413 bits per heavy atom. The van der Waals surface area contributed by atoms with E-state index >= 15 is 0 Å². The van der Waals surface area contributed by atoms with Crippen LogP contribution in [0.4, 0.5) is 17.1 Å². The minimum Gasteiger partial charge on any atom is -0.453 e. The molecule has 0 unspecified atom stereocenters. The number of fused-ring (bicyclic) bond motifs is 4. The van der Waals surface area contributed by atoms with Gasteiger partial charge in [-0.15, -0.1) is 0 Å². The predicted octanol–water partition coefficient (Wildman–Crippen LogP) is 12.6. The standard InChI is InChI=1S/C44H29NO/c1-3-16-30(17-4-1)32-24-15-25-33(31-18-5-2-6-19-31)42(32)43-34-20-7-9-22-36(34)44(37-23-10-8-21-35(37)43)45-38-26-11-13-28-40(38)46-41-29-14-12-27-39(41)45/h1-29H/i1D,2D,3D,4D,5D,6D,7D,8D,9D,10D,16D,17D,18D,19D,20D,21D,22D,23D. The molecule has 0 atom stereocenters. The second kappa shape index (κ2) is 10.8. The smallest absolute Gasteiger partial charge is 0.151 e. The molecule has 8 aromatic carbocycles. The Balaban J connectivity index is 1.65. The number of hydrogen-bond donors (Lipinski definition) is 0. The van der Waals surface area contributed by atoms with Crippen molar-refractivity contribution in [1.29, 1.82) is 0 Å². The summed E-state index contributed by atoms with van der Waals surface area (Å²) < 4.78 is 169. The lowest BCUT2D eigenvalue weighted by Crippen LogP contribution is -2.16. The van der Waals surface area contributed by atoms with Gasteiger partial charge in [-0.3, -0.25) is 0 Å². The largest absolute Gasteiger partial charge is 0.453 e. The minimum absolute atomic E-state index is 0.111. The van der Waals surface area contributed by atoms with Gasteiger partial charge in [-0.05, 0) is 68.4 Å². The molecule has 0 radical (unpaired) electrons. The summed E-state index contributed by atoms with van der Waals surface area (Å²) in [5.74, 6) is 0.589. The summed E-state index contributed by atoms with van der Waals surface area (Å²) in [4.78, 5) is 1.58. The van der Waals surface area contributed by atoms with Gasteiger partial charge in [0.2, 0.25) is 0 Å². The Bertz CT molecular complexity index is 3150. The van der Waals surface area contributed by atoms with Crippen molar-refractivity contribution >= 4 is 38.6 Å². The Morgan fingerprint density at radius 2 is 0.848 bits per heavy atom. The molecule has 0 saturated carbocycles. The maximum absolute atomic E-state index is 9.68. The molecule has 0 amide bonds. The number of anilines is 3. The molecule has 1 heterocycles. The highest BCUT2D eigenvalue weighted by Crippen LogP contribution is 2.56. The van der Waals surface area contributed by atoms with E-state index in [1.165, 1.54) is 18.2 Å². The lowest BCUT2D eigenvalue weighted by atomic mass is 9.82. The van der Waals surface area contributed by atoms with Crippen molar-refractivity contribution in [2.45, 2.75) is 0 Å². The van der Waals surface area contributed by atoms with E-state index in [-0.39, 0.29) is 49.5 Å². The maximum atomic E-state index is 9.68. The van der Waals surface area contributed by atoms with Crippen LogP contribution in [0.15, 0.2) is 175 Å². The van der Waals surface area contributed by atoms with Crippen molar-refractivity contribution < 1.29 is 29.4 Å². The molecule has 1 aliphatic heterocycles. The van der Waals surface area contributed by atoms with E-state index < -0.39 is 120 Å². The molecule has 1 aliphatic rings. The highest BCUT2D eigenvalue weighted by atomic mass is 16.5. The molecule has 0 N–H and O–H groups in total. The summed E-state index contributed by atoms with van der Waals surface area (Å²) in [5.41, 5.74) is -1.48. The van der Waals surface area contributed by atoms with Gasteiger partial charge in [-0.1, -0.05) is 151 Å². The Hall–Kier alpha value is -6.12. The van der Waals surface area contributed by atoms with E-state index in [1.54, 1.807) is 53.4 Å². The van der Waals surface area contributed by atoms with Crippen LogP contribution in [0.5, 0.6) is 11.5 Å². The number of hydrogen-bond acceptors (Lipinski definition) is 2. The van der Waals surface area contributed by atoms with Gasteiger partial charge in [0.1, 0.15) is 0 Å². The van der Waals surface area contributed by atoms with E-state index in [4.69, 9.17) is 23.9 Å². The summed E-state index contributed by atoms with van der Waals surface area (Å²) in [6.45, 7) is 0. The second-order valence-corrected chi connectivity index (χ2v) is 10.3. The molecular formula is C44H29NO. The Labute approximate surface area is 293 Å². The van der Waals surface area contributed by atoms with Crippen molar-refractivity contribution in [2.24, 2.45) is 0 Å². The van der Waals surface area contributed by atoms with Crippen LogP contribution in [0.3, 0.4) is 0 Å². The summed E-state index contributed by atoms with van der Waals surface area (Å²) in [5, 5.41) is -1.25. The maximum Gasteiger partial charge on any atom is 0.151 e. The normalized spacial score (nSPS) is 17.5. The van der Waals surface area contributed by atoms with E-state index in [0.29, 0.717) is 22.9 Å². The van der Waals surface area contributed by atoms with Crippen LogP contribution in [-0.2, 0) is 0 Å². The molecule has 0 bridgehead atoms. The molecule has 0 saturated heterocycles. The van der Waals surface area contributed by atoms with Crippen LogP contribution in [0.25, 0.3) is 54.9 Å². The quantitative estimate of drug-likeness (QED) is 0.185. The van der Waals surface area contributed by atoms with Crippen LogP contribution in [0.2, 0.25) is 0 Å². The topological polar surface area (TPSA) is 12.5 Å². The number of para-hydroxylation sites is 4. The molecule has 216 valence electrons. The van der Waals surface area contributed by atoms with Gasteiger partial charge in [0, 0.05) is 10.8 Å². The molecule has 9 rings (SSSR count). The van der Waals surface area contributed by atoms with Crippen LogP contribution in [0, 0.1) is 0 Å². The lowest BCUT2D eigenvalue weighted by Gasteiger charge is -2.35. The zero-order valence-electron chi connectivity index (χ0n) is 41.7. The fraction of sp³-hybridized carbons (Fsp3) is 0. The van der Waals surface area contributed by atoms with Crippen LogP contribution in [-0.4, -0.2) is 0 Å². The third kappa shape index (κ3) is 4.12. The third-order valence-electron chi connectivity index (χ3n) is 7.86. The highest BCUT2D eigenvalue weighted by molar-refractivity contribution is 6.24. The molecule has 0 fully saturated rings. The van der Waals surface area contributed by atoms with Crippen molar-refractivity contribution in [3.63, 3.8) is 0 Å². The first kappa shape index (κ1) is 13.9. The summed E-state index contributed by atoms with van der Waals surface area (Å²) in [7, 11) is 0. The zero-order valence-corrected chi connectivity index (χ0v) is 23.7. The monoisotopic (exact) mass is 605 g/mol. The first-order chi connectivity index (χ1) is 30.3. The zero-order chi connectivity index (χ0) is 46.1. The van der Waals surface area contributed by atoms with Gasteiger partial charge in [-0.25, -0.2) is 0 Å². The first-order valence-electron chi connectivity index (χ1n) is 23.2. The molecule has 2 nitrogen and oxygen atoms in total. The fourth-order valence-electron chi connectivity index (χ4n) is 6.03. The average Bonchev–Trinajstić information content (AvgIpc) is 3.29. The van der Waals surface area contributed by atoms with E-state index in [1.807, 2.05) is 0 Å². The van der Waals surface area contributed by atoms with Crippen molar-refractivity contribution in [3.8, 4) is 44.9 Å². The minimum atomic E-state index is -0.766. The van der Waals surface area contributed by atoms with Gasteiger partial charge in [0.15, 0.2) is 11.5 Å². The Morgan fingerprint density at radius 3 is 1.35 bits per heavy atom. The molecule has 0 aliphatic carbocycles. The van der Waals surface area contributed by atoms with Crippen molar-refractivity contribution in [3.05, 3.63) is 175 Å². The second-order valence-electron chi connectivity index (χ2n) is 10.3. The fourth-order valence-corrected chi connectivity index (χ4v) is 6.03. The van der Waals surface area contributed by atoms with Gasteiger partial charge in [-0.2, -0.15) is 0 Å². The van der Waals surface area contributed by atoms with Crippen LogP contribution in [0.1, 0.15) is 24.7 Å². The molecule has 8 aromatic rings. The number of rotatable bonds is 4. The van der Waals surface area contributed by atoms with Crippen molar-refractivity contribution in [1.82, 2.24) is 0 Å². The van der Waals surface area contributed by atoms with E-state index in [9.17, 15) is 5.48 Å². The number of benzene rings is 8. The molecule has 46 heavy (non-hydrogen) atoms. The van der Waals surface area contributed by atoms with Gasteiger partial charge in [0.25, 0.3) is 0 Å². The van der Waals surface area contributed by atoms with E-state index in [2.05, 4.69) is 0 Å². The molecule has 0 spiro atoms. The van der Waals surface area contributed by atoms with Gasteiger partial charge < -0.3 is 9.64 Å². The number of ether oxygens (including phenoxy) is 1. The third-order valence-corrected chi connectivity index (χ3v) is 7.86. The summed E-state index contributed by atoms with van der Waals surface area (Å²) >= 11 is 0. The number of nitrogens with zero attached hydrogens (tertiary/aromatic N) is 1. The molecule has 0 aromatic heterocycles. The predicted molar refractivity (Wildman–Crippen MR) is 193 cm³/mol. The average molecular weight is 606 g/mol.